The maximum absolute atomic E-state index is 13.6. The van der Waals surface area contributed by atoms with Gasteiger partial charge in [-0.25, -0.2) is 8.78 Å². The molecule has 2 nitrogen and oxygen atoms in total. The van der Waals surface area contributed by atoms with Crippen LogP contribution >= 0.6 is 0 Å². The van der Waals surface area contributed by atoms with Crippen LogP contribution in [0, 0.1) is 23.0 Å². The average Bonchev–Trinajstić information content (AvgIpc) is 2.50. The Hall–Kier alpha value is -1.63. The first-order valence-electron chi connectivity index (χ1n) is 7.82. The predicted molar refractivity (Wildman–Crippen MR) is 82.2 cm³/mol. The molecule has 0 saturated heterocycles. The van der Waals surface area contributed by atoms with E-state index in [-0.39, 0.29) is 11.3 Å². The van der Waals surface area contributed by atoms with Gasteiger partial charge >= 0.3 is 0 Å². The number of halogens is 2. The minimum atomic E-state index is -1.07. The maximum atomic E-state index is 13.6. The third kappa shape index (κ3) is 6.12. The van der Waals surface area contributed by atoms with Gasteiger partial charge in [-0.1, -0.05) is 51.9 Å². The zero-order chi connectivity index (χ0) is 15.5. The maximum Gasteiger partial charge on any atom is 0.183 e. The van der Waals surface area contributed by atoms with Gasteiger partial charge in [-0.2, -0.15) is 5.26 Å². The molecule has 0 aliphatic rings. The van der Waals surface area contributed by atoms with Gasteiger partial charge in [-0.3, -0.25) is 0 Å². The van der Waals surface area contributed by atoms with Gasteiger partial charge < -0.3 is 5.32 Å². The molecular formula is C17H24F2N2. The third-order valence-electron chi connectivity index (χ3n) is 3.55. The lowest BCUT2D eigenvalue weighted by Gasteiger charge is -2.08. The zero-order valence-electron chi connectivity index (χ0n) is 12.7. The quantitative estimate of drug-likeness (QED) is 0.587. The minimum absolute atomic E-state index is 0.134. The van der Waals surface area contributed by atoms with Gasteiger partial charge in [-0.05, 0) is 18.6 Å². The van der Waals surface area contributed by atoms with Crippen molar-refractivity contribution < 1.29 is 8.78 Å². The molecule has 0 atom stereocenters. The SMILES string of the molecule is CCCCCCCCCCNc1ccc(C#N)c(F)c1F. The minimum Gasteiger partial charge on any atom is -0.383 e. The van der Waals surface area contributed by atoms with Crippen LogP contribution in [0.25, 0.3) is 0 Å². The molecule has 0 aliphatic heterocycles. The van der Waals surface area contributed by atoms with Gasteiger partial charge in [-0.15, -0.1) is 0 Å². The third-order valence-corrected chi connectivity index (χ3v) is 3.55. The van der Waals surface area contributed by atoms with Gasteiger partial charge in [0.05, 0.1) is 11.3 Å². The van der Waals surface area contributed by atoms with Crippen molar-refractivity contribution >= 4 is 5.69 Å². The van der Waals surface area contributed by atoms with E-state index in [2.05, 4.69) is 12.2 Å². The molecule has 0 aliphatic carbocycles. The average molecular weight is 294 g/mol. The first-order valence-corrected chi connectivity index (χ1v) is 7.82. The molecule has 0 saturated carbocycles. The van der Waals surface area contributed by atoms with Crippen molar-refractivity contribution in [3.8, 4) is 6.07 Å². The van der Waals surface area contributed by atoms with Crippen molar-refractivity contribution in [1.82, 2.24) is 0 Å². The van der Waals surface area contributed by atoms with Crippen LogP contribution in [0.3, 0.4) is 0 Å². The number of rotatable bonds is 10. The number of nitrogens with zero attached hydrogens (tertiary/aromatic N) is 1. The monoisotopic (exact) mass is 294 g/mol. The second kappa shape index (κ2) is 10.1. The first kappa shape index (κ1) is 17.4. The fourth-order valence-electron chi connectivity index (χ4n) is 2.25. The van der Waals surface area contributed by atoms with Crippen molar-refractivity contribution in [2.24, 2.45) is 0 Å². The molecule has 0 fully saturated rings. The summed E-state index contributed by atoms with van der Waals surface area (Å²) in [6.45, 7) is 2.83. The summed E-state index contributed by atoms with van der Waals surface area (Å²) >= 11 is 0. The van der Waals surface area contributed by atoms with E-state index in [1.54, 1.807) is 6.07 Å². The highest BCUT2D eigenvalue weighted by atomic mass is 19.2. The summed E-state index contributed by atoms with van der Waals surface area (Å²) in [6, 6.07) is 4.34. The molecule has 1 rings (SSSR count). The van der Waals surface area contributed by atoms with E-state index in [4.69, 9.17) is 5.26 Å². The molecule has 0 aromatic heterocycles. The predicted octanol–water partition coefficient (Wildman–Crippen LogP) is 5.39. The van der Waals surface area contributed by atoms with Crippen LogP contribution in [0.4, 0.5) is 14.5 Å². The van der Waals surface area contributed by atoms with Crippen LogP contribution in [-0.2, 0) is 0 Å². The van der Waals surface area contributed by atoms with Gasteiger partial charge in [0.2, 0.25) is 0 Å². The lowest BCUT2D eigenvalue weighted by Crippen LogP contribution is -2.05. The summed E-state index contributed by atoms with van der Waals surface area (Å²) in [7, 11) is 0. The Kier molecular flexibility index (Phi) is 8.42. The molecule has 0 spiro atoms. The van der Waals surface area contributed by atoms with Crippen LogP contribution in [0.5, 0.6) is 0 Å². The number of hydrogen-bond donors (Lipinski definition) is 1. The summed E-state index contributed by atoms with van der Waals surface area (Å²) in [5, 5.41) is 11.5. The lowest BCUT2D eigenvalue weighted by atomic mass is 10.1. The second-order valence-corrected chi connectivity index (χ2v) is 5.30. The van der Waals surface area contributed by atoms with Crippen LogP contribution in [0.15, 0.2) is 12.1 Å². The van der Waals surface area contributed by atoms with E-state index in [1.807, 2.05) is 0 Å². The van der Waals surface area contributed by atoms with E-state index in [0.29, 0.717) is 6.54 Å². The molecule has 1 N–H and O–H groups in total. The molecule has 4 heteroatoms. The van der Waals surface area contributed by atoms with Crippen LogP contribution in [0.1, 0.15) is 63.9 Å². The van der Waals surface area contributed by atoms with E-state index in [9.17, 15) is 8.78 Å². The fourth-order valence-corrected chi connectivity index (χ4v) is 2.25. The molecular weight excluding hydrogens is 270 g/mol. The molecule has 0 amide bonds. The summed E-state index contributed by atoms with van der Waals surface area (Å²) in [5.74, 6) is -2.04. The Morgan fingerprint density at radius 1 is 0.952 bits per heavy atom. The summed E-state index contributed by atoms with van der Waals surface area (Å²) < 4.78 is 27.0. The van der Waals surface area contributed by atoms with E-state index in [0.717, 1.165) is 12.8 Å². The van der Waals surface area contributed by atoms with Gasteiger partial charge in [0.25, 0.3) is 0 Å². The summed E-state index contributed by atoms with van der Waals surface area (Å²) in [6.07, 6.45) is 9.65. The number of anilines is 1. The molecule has 21 heavy (non-hydrogen) atoms. The molecule has 1 aromatic rings. The number of unbranched alkanes of at least 4 members (excludes halogenated alkanes) is 7. The smallest absolute Gasteiger partial charge is 0.183 e. The Bertz CT molecular complexity index is 467. The van der Waals surface area contributed by atoms with E-state index in [1.165, 1.54) is 50.7 Å². The number of benzene rings is 1. The van der Waals surface area contributed by atoms with E-state index >= 15 is 0 Å². The van der Waals surface area contributed by atoms with Crippen molar-refractivity contribution in [2.75, 3.05) is 11.9 Å². The normalized spacial score (nSPS) is 10.4. The molecule has 116 valence electrons. The highest BCUT2D eigenvalue weighted by Gasteiger charge is 2.12. The number of hydrogen-bond acceptors (Lipinski definition) is 2. The largest absolute Gasteiger partial charge is 0.383 e. The molecule has 0 unspecified atom stereocenters. The molecule has 0 bridgehead atoms. The Morgan fingerprint density at radius 2 is 1.57 bits per heavy atom. The standard InChI is InChI=1S/C17H24F2N2/c1-2-3-4-5-6-7-8-9-12-21-15-11-10-14(13-20)16(18)17(15)19/h10-11,21H,2-9,12H2,1H3. The lowest BCUT2D eigenvalue weighted by molar-refractivity contribution is 0.508. The van der Waals surface area contributed by atoms with Crippen LogP contribution in [-0.4, -0.2) is 6.54 Å². The van der Waals surface area contributed by atoms with Crippen molar-refractivity contribution in [1.29, 1.82) is 5.26 Å². The Balaban J connectivity index is 2.19. The van der Waals surface area contributed by atoms with Crippen LogP contribution < -0.4 is 5.32 Å². The fraction of sp³-hybridized carbons (Fsp3) is 0.588. The van der Waals surface area contributed by atoms with Crippen molar-refractivity contribution in [3.63, 3.8) is 0 Å². The van der Waals surface area contributed by atoms with Gasteiger partial charge in [0.15, 0.2) is 11.6 Å². The van der Waals surface area contributed by atoms with Gasteiger partial charge in [0, 0.05) is 6.54 Å². The molecule has 0 heterocycles. The van der Waals surface area contributed by atoms with Crippen molar-refractivity contribution in [2.45, 2.75) is 58.3 Å². The molecule has 0 radical (unpaired) electrons. The van der Waals surface area contributed by atoms with Gasteiger partial charge in [0.1, 0.15) is 6.07 Å². The second-order valence-electron chi connectivity index (χ2n) is 5.30. The summed E-state index contributed by atoms with van der Waals surface area (Å²) in [5.41, 5.74) is -0.125. The Morgan fingerprint density at radius 3 is 2.19 bits per heavy atom. The van der Waals surface area contributed by atoms with Crippen LogP contribution in [0.2, 0.25) is 0 Å². The van der Waals surface area contributed by atoms with Crippen molar-refractivity contribution in [3.05, 3.63) is 29.3 Å². The zero-order valence-corrected chi connectivity index (χ0v) is 12.7. The topological polar surface area (TPSA) is 35.8 Å². The van der Waals surface area contributed by atoms with E-state index < -0.39 is 11.6 Å². The molecule has 1 aromatic carbocycles. The first-order chi connectivity index (χ1) is 10.2. The Labute approximate surface area is 126 Å². The number of nitrogens with one attached hydrogen (secondary N) is 1. The summed E-state index contributed by atoms with van der Waals surface area (Å²) in [4.78, 5) is 0. The number of nitriles is 1. The highest BCUT2D eigenvalue weighted by Crippen LogP contribution is 2.20. The highest BCUT2D eigenvalue weighted by molar-refractivity contribution is 5.49.